The summed E-state index contributed by atoms with van der Waals surface area (Å²) in [6.45, 7) is 16.5. The number of nitrogens with one attached hydrogen (secondary N) is 2. The molecular weight excluding hydrogens is 536 g/mol. The second kappa shape index (κ2) is 13.4. The summed E-state index contributed by atoms with van der Waals surface area (Å²) in [5, 5.41) is 5.49. The maximum absolute atomic E-state index is 13.3. The number of benzene rings is 2. The van der Waals surface area contributed by atoms with E-state index >= 15 is 0 Å². The summed E-state index contributed by atoms with van der Waals surface area (Å²) >= 11 is 0. The predicted molar refractivity (Wildman–Crippen MR) is 163 cm³/mol. The average Bonchev–Trinajstić information content (AvgIpc) is 2.87. The van der Waals surface area contributed by atoms with Crippen molar-refractivity contribution in [2.45, 2.75) is 85.1 Å². The average molecular weight is 581 g/mol. The van der Waals surface area contributed by atoms with Crippen molar-refractivity contribution in [2.24, 2.45) is 0 Å². The van der Waals surface area contributed by atoms with Crippen molar-refractivity contribution >= 4 is 35.3 Å². The van der Waals surface area contributed by atoms with E-state index in [0.29, 0.717) is 30.4 Å². The quantitative estimate of drug-likeness (QED) is 0.432. The Bertz CT molecular complexity index is 1260. The van der Waals surface area contributed by atoms with Crippen LogP contribution < -0.4 is 15.5 Å². The summed E-state index contributed by atoms with van der Waals surface area (Å²) in [5.74, 6) is -0.865. The molecule has 0 aliphatic carbocycles. The summed E-state index contributed by atoms with van der Waals surface area (Å²) in [5.41, 5.74) is 1.03. The van der Waals surface area contributed by atoms with Gasteiger partial charge in [-0.25, -0.2) is 9.59 Å². The number of ether oxygens (including phenoxy) is 2. The summed E-state index contributed by atoms with van der Waals surface area (Å²) in [6, 6.07) is 13.1. The highest BCUT2D eigenvalue weighted by Crippen LogP contribution is 2.21. The number of amides is 3. The molecule has 1 aliphatic heterocycles. The Morgan fingerprint density at radius 2 is 1.45 bits per heavy atom. The highest BCUT2D eigenvalue weighted by atomic mass is 16.6. The second-order valence-electron chi connectivity index (χ2n) is 12.7. The minimum Gasteiger partial charge on any atom is -0.456 e. The Hall–Kier alpha value is -3.92. The van der Waals surface area contributed by atoms with E-state index in [4.69, 9.17) is 9.47 Å². The lowest BCUT2D eigenvalue weighted by Crippen LogP contribution is -2.52. The molecule has 0 spiro atoms. The summed E-state index contributed by atoms with van der Waals surface area (Å²) in [6.07, 6.45) is -0.524. The van der Waals surface area contributed by atoms with Crippen LogP contribution in [-0.2, 0) is 25.5 Å². The molecular formula is C32H44N4O6. The highest BCUT2D eigenvalue weighted by molar-refractivity contribution is 5.98. The smallest absolute Gasteiger partial charge is 0.408 e. The van der Waals surface area contributed by atoms with Crippen molar-refractivity contribution in [3.63, 3.8) is 0 Å². The van der Waals surface area contributed by atoms with E-state index in [1.807, 2.05) is 24.3 Å². The van der Waals surface area contributed by atoms with Crippen molar-refractivity contribution in [3.05, 3.63) is 59.7 Å². The Morgan fingerprint density at radius 1 is 0.857 bits per heavy atom. The van der Waals surface area contributed by atoms with Gasteiger partial charge in [0, 0.05) is 36.9 Å². The molecule has 1 unspecified atom stereocenters. The van der Waals surface area contributed by atoms with Gasteiger partial charge in [0.2, 0.25) is 11.8 Å². The number of nitrogens with zero attached hydrogens (tertiary/aromatic N) is 2. The molecule has 1 saturated heterocycles. The molecule has 10 heteroatoms. The fourth-order valence-corrected chi connectivity index (χ4v) is 4.37. The zero-order valence-corrected chi connectivity index (χ0v) is 25.9. The first kappa shape index (κ1) is 32.6. The van der Waals surface area contributed by atoms with E-state index in [1.165, 1.54) is 0 Å². The number of carbonyl (C=O) groups excluding carboxylic acids is 4. The van der Waals surface area contributed by atoms with Crippen LogP contribution in [0.15, 0.2) is 48.5 Å². The molecule has 3 amide bonds. The molecule has 2 aromatic rings. The minimum atomic E-state index is -0.951. The van der Waals surface area contributed by atoms with Gasteiger partial charge >= 0.3 is 12.1 Å². The standard InChI is InChI=1S/C32H44N4O6/c1-21(2)35-17-18-36(27(37)20-35)25-15-9-22(10-16-25)19-26(34-30(40)42-32(6,7)8)28(38)33-24-13-11-23(12-14-24)29(39)41-31(3,4)5/h9-16,21,26H,17-20H2,1-8H3,(H,33,38)(H,34,40). The van der Waals surface area contributed by atoms with Crippen LogP contribution in [0.4, 0.5) is 16.2 Å². The molecule has 1 heterocycles. The maximum atomic E-state index is 13.3. The fourth-order valence-electron chi connectivity index (χ4n) is 4.37. The predicted octanol–water partition coefficient (Wildman–Crippen LogP) is 4.77. The van der Waals surface area contributed by atoms with Crippen molar-refractivity contribution in [1.29, 1.82) is 0 Å². The van der Waals surface area contributed by atoms with Gasteiger partial charge in [0.25, 0.3) is 0 Å². The molecule has 1 aliphatic rings. The third kappa shape index (κ3) is 9.87. The third-order valence-corrected chi connectivity index (χ3v) is 6.46. The van der Waals surface area contributed by atoms with Crippen molar-refractivity contribution < 1.29 is 28.7 Å². The fraction of sp³-hybridized carbons (Fsp3) is 0.500. The Kier molecular flexibility index (Phi) is 10.4. The van der Waals surface area contributed by atoms with E-state index in [2.05, 4.69) is 29.4 Å². The van der Waals surface area contributed by atoms with Crippen LogP contribution in [0, 0.1) is 0 Å². The summed E-state index contributed by atoms with van der Waals surface area (Å²) < 4.78 is 10.8. The molecule has 2 N–H and O–H groups in total. The Labute approximate surface area is 248 Å². The van der Waals surface area contributed by atoms with Gasteiger partial charge in [0.05, 0.1) is 12.1 Å². The molecule has 0 radical (unpaired) electrons. The van der Waals surface area contributed by atoms with Gasteiger partial charge in [-0.05, 0) is 97.4 Å². The van der Waals surface area contributed by atoms with E-state index in [0.717, 1.165) is 17.8 Å². The van der Waals surface area contributed by atoms with Crippen LogP contribution in [-0.4, -0.2) is 71.7 Å². The number of rotatable bonds is 8. The first-order valence-corrected chi connectivity index (χ1v) is 14.3. The summed E-state index contributed by atoms with van der Waals surface area (Å²) in [4.78, 5) is 54.9. The van der Waals surface area contributed by atoms with Gasteiger partial charge in [0.15, 0.2) is 0 Å². The first-order chi connectivity index (χ1) is 19.5. The van der Waals surface area contributed by atoms with Crippen LogP contribution in [0.25, 0.3) is 0 Å². The van der Waals surface area contributed by atoms with Crippen molar-refractivity contribution in [1.82, 2.24) is 10.2 Å². The number of piperazine rings is 1. The first-order valence-electron chi connectivity index (χ1n) is 14.3. The van der Waals surface area contributed by atoms with Gasteiger partial charge in [-0.2, -0.15) is 0 Å². The number of carbonyl (C=O) groups is 4. The number of anilines is 2. The number of hydrogen-bond donors (Lipinski definition) is 2. The van der Waals surface area contributed by atoms with E-state index in [1.54, 1.807) is 70.7 Å². The van der Waals surface area contributed by atoms with Gasteiger partial charge in [-0.15, -0.1) is 0 Å². The van der Waals surface area contributed by atoms with Gasteiger partial charge in [-0.1, -0.05) is 12.1 Å². The maximum Gasteiger partial charge on any atom is 0.408 e. The molecule has 0 bridgehead atoms. The normalized spacial score (nSPS) is 15.3. The van der Waals surface area contributed by atoms with Crippen LogP contribution in [0.1, 0.15) is 71.3 Å². The molecule has 228 valence electrons. The molecule has 2 aromatic carbocycles. The van der Waals surface area contributed by atoms with E-state index in [-0.39, 0.29) is 12.3 Å². The summed E-state index contributed by atoms with van der Waals surface area (Å²) in [7, 11) is 0. The van der Waals surface area contributed by atoms with Crippen LogP contribution in [0.3, 0.4) is 0 Å². The Balaban J connectivity index is 1.72. The van der Waals surface area contributed by atoms with E-state index in [9.17, 15) is 19.2 Å². The number of esters is 1. The Morgan fingerprint density at radius 3 is 1.98 bits per heavy atom. The second-order valence-corrected chi connectivity index (χ2v) is 12.7. The lowest BCUT2D eigenvalue weighted by Gasteiger charge is -2.36. The van der Waals surface area contributed by atoms with E-state index < -0.39 is 35.2 Å². The zero-order chi connectivity index (χ0) is 31.2. The molecule has 42 heavy (non-hydrogen) atoms. The van der Waals surface area contributed by atoms with Gasteiger partial charge < -0.3 is 25.0 Å². The molecule has 10 nitrogen and oxygen atoms in total. The SMILES string of the molecule is CC(C)N1CCN(c2ccc(CC(NC(=O)OC(C)(C)C)C(=O)Nc3ccc(C(=O)OC(C)(C)C)cc3)cc2)C(=O)C1. The van der Waals surface area contributed by atoms with Crippen LogP contribution in [0.2, 0.25) is 0 Å². The topological polar surface area (TPSA) is 117 Å². The molecule has 1 atom stereocenters. The number of hydrogen-bond acceptors (Lipinski definition) is 7. The molecule has 0 aromatic heterocycles. The molecule has 3 rings (SSSR count). The third-order valence-electron chi connectivity index (χ3n) is 6.46. The van der Waals surface area contributed by atoms with Gasteiger partial charge in [0.1, 0.15) is 17.2 Å². The molecule has 0 saturated carbocycles. The van der Waals surface area contributed by atoms with Crippen LogP contribution >= 0.6 is 0 Å². The van der Waals surface area contributed by atoms with Crippen molar-refractivity contribution in [3.8, 4) is 0 Å². The van der Waals surface area contributed by atoms with Gasteiger partial charge in [-0.3, -0.25) is 14.5 Å². The lowest BCUT2D eigenvalue weighted by atomic mass is 10.0. The highest BCUT2D eigenvalue weighted by Gasteiger charge is 2.28. The minimum absolute atomic E-state index is 0.0456. The molecule has 1 fully saturated rings. The zero-order valence-electron chi connectivity index (χ0n) is 25.9. The van der Waals surface area contributed by atoms with Crippen LogP contribution in [0.5, 0.6) is 0 Å². The largest absolute Gasteiger partial charge is 0.456 e. The monoisotopic (exact) mass is 580 g/mol. The lowest BCUT2D eigenvalue weighted by molar-refractivity contribution is -0.121. The van der Waals surface area contributed by atoms with Crippen molar-refractivity contribution in [2.75, 3.05) is 29.9 Å². The number of alkyl carbamates (subject to hydrolysis) is 1.